The predicted molar refractivity (Wildman–Crippen MR) is 79.1 cm³/mol. The summed E-state index contributed by atoms with van der Waals surface area (Å²) in [5.41, 5.74) is 3.20. The van der Waals surface area contributed by atoms with E-state index >= 15 is 0 Å². The van der Waals surface area contributed by atoms with Gasteiger partial charge in [-0.2, -0.15) is 0 Å². The predicted octanol–water partition coefficient (Wildman–Crippen LogP) is 4.71. The van der Waals surface area contributed by atoms with Crippen LogP contribution < -0.4 is 5.32 Å². The summed E-state index contributed by atoms with van der Waals surface area (Å²) in [4.78, 5) is 0. The van der Waals surface area contributed by atoms with Crippen LogP contribution in [0.4, 0.5) is 0 Å². The smallest absolute Gasteiger partial charge is 0.0408 e. The lowest BCUT2D eigenvalue weighted by molar-refractivity contribution is 0.206. The Bertz CT molecular complexity index is 402. The fourth-order valence-electron chi connectivity index (χ4n) is 2.72. The van der Waals surface area contributed by atoms with Crippen LogP contribution in [-0.2, 0) is 6.54 Å². The Morgan fingerprint density at radius 3 is 2.56 bits per heavy atom. The summed E-state index contributed by atoms with van der Waals surface area (Å²) in [6.45, 7) is 7.86. The van der Waals surface area contributed by atoms with E-state index in [9.17, 15) is 0 Å². The second-order valence-corrected chi connectivity index (χ2v) is 6.83. The van der Waals surface area contributed by atoms with E-state index in [4.69, 9.17) is 11.6 Å². The molecule has 0 amide bonds. The van der Waals surface area contributed by atoms with E-state index in [1.165, 1.54) is 36.8 Å². The second-order valence-electron chi connectivity index (χ2n) is 6.39. The molecule has 1 saturated carbocycles. The Balaban J connectivity index is 1.85. The second kappa shape index (κ2) is 5.63. The number of halogens is 1. The van der Waals surface area contributed by atoms with Crippen LogP contribution in [0.2, 0.25) is 5.02 Å². The van der Waals surface area contributed by atoms with Gasteiger partial charge in [-0.1, -0.05) is 31.5 Å². The van der Waals surface area contributed by atoms with E-state index in [0.29, 0.717) is 11.5 Å². The molecule has 1 nitrogen and oxygen atoms in total. The van der Waals surface area contributed by atoms with Crippen molar-refractivity contribution in [2.75, 3.05) is 0 Å². The summed E-state index contributed by atoms with van der Waals surface area (Å²) in [6, 6.07) is 6.85. The number of hydrogen-bond acceptors (Lipinski definition) is 1. The van der Waals surface area contributed by atoms with E-state index < -0.39 is 0 Å². The van der Waals surface area contributed by atoms with Crippen LogP contribution in [0.15, 0.2) is 18.2 Å². The summed E-state index contributed by atoms with van der Waals surface area (Å²) in [5.74, 6) is 0. The average Bonchev–Trinajstić information content (AvgIpc) is 2.29. The summed E-state index contributed by atoms with van der Waals surface area (Å²) in [6.07, 6.45) is 5.29. The van der Waals surface area contributed by atoms with E-state index in [1.807, 2.05) is 12.1 Å². The van der Waals surface area contributed by atoms with Crippen molar-refractivity contribution in [3.63, 3.8) is 0 Å². The minimum atomic E-state index is 0.550. The molecule has 0 spiro atoms. The summed E-state index contributed by atoms with van der Waals surface area (Å²) in [5, 5.41) is 4.52. The Labute approximate surface area is 116 Å². The standard InChI is InChI=1S/C16H24ClN/c1-12-10-14(17)5-4-13(12)11-18-15-6-8-16(2,3)9-7-15/h4-5,10,15,18H,6-9,11H2,1-3H3. The maximum Gasteiger partial charge on any atom is 0.0408 e. The van der Waals surface area contributed by atoms with Gasteiger partial charge in [-0.3, -0.25) is 0 Å². The Hall–Kier alpha value is -0.530. The molecule has 0 aromatic heterocycles. The minimum absolute atomic E-state index is 0.550. The minimum Gasteiger partial charge on any atom is -0.310 e. The molecular weight excluding hydrogens is 242 g/mol. The number of benzene rings is 1. The van der Waals surface area contributed by atoms with Crippen LogP contribution in [0.1, 0.15) is 50.7 Å². The molecule has 0 radical (unpaired) electrons. The van der Waals surface area contributed by atoms with Gasteiger partial charge in [0.1, 0.15) is 0 Å². The lowest BCUT2D eigenvalue weighted by Crippen LogP contribution is -2.35. The quantitative estimate of drug-likeness (QED) is 0.835. The van der Waals surface area contributed by atoms with Crippen LogP contribution in [0, 0.1) is 12.3 Å². The van der Waals surface area contributed by atoms with Gasteiger partial charge in [0.15, 0.2) is 0 Å². The SMILES string of the molecule is Cc1cc(Cl)ccc1CNC1CCC(C)(C)CC1. The van der Waals surface area contributed by atoms with Gasteiger partial charge >= 0.3 is 0 Å². The highest BCUT2D eigenvalue weighted by molar-refractivity contribution is 6.30. The monoisotopic (exact) mass is 265 g/mol. The first kappa shape index (κ1) is 13.9. The highest BCUT2D eigenvalue weighted by Gasteiger charge is 2.26. The molecule has 1 aliphatic carbocycles. The zero-order valence-electron chi connectivity index (χ0n) is 11.7. The Morgan fingerprint density at radius 1 is 1.28 bits per heavy atom. The van der Waals surface area contributed by atoms with Crippen LogP contribution in [0.25, 0.3) is 0 Å². The van der Waals surface area contributed by atoms with Crippen molar-refractivity contribution in [2.45, 2.75) is 59.0 Å². The molecular formula is C16H24ClN. The molecule has 100 valence electrons. The van der Waals surface area contributed by atoms with Crippen molar-refractivity contribution in [1.82, 2.24) is 5.32 Å². The molecule has 2 rings (SSSR count). The van der Waals surface area contributed by atoms with Gasteiger partial charge in [-0.25, -0.2) is 0 Å². The van der Waals surface area contributed by atoms with Crippen molar-refractivity contribution in [1.29, 1.82) is 0 Å². The molecule has 1 aliphatic rings. The summed E-state index contributed by atoms with van der Waals surface area (Å²) >= 11 is 5.98. The molecule has 0 unspecified atom stereocenters. The zero-order chi connectivity index (χ0) is 13.2. The molecule has 0 saturated heterocycles. The fraction of sp³-hybridized carbons (Fsp3) is 0.625. The fourth-order valence-corrected chi connectivity index (χ4v) is 2.94. The molecule has 1 fully saturated rings. The largest absolute Gasteiger partial charge is 0.310 e. The number of rotatable bonds is 3. The Morgan fingerprint density at radius 2 is 1.94 bits per heavy atom. The maximum absolute atomic E-state index is 5.98. The molecule has 0 atom stereocenters. The third-order valence-corrected chi connectivity index (χ3v) is 4.46. The zero-order valence-corrected chi connectivity index (χ0v) is 12.5. The van der Waals surface area contributed by atoms with Crippen molar-refractivity contribution in [3.05, 3.63) is 34.3 Å². The van der Waals surface area contributed by atoms with E-state index in [-0.39, 0.29) is 0 Å². The molecule has 18 heavy (non-hydrogen) atoms. The van der Waals surface area contributed by atoms with Crippen molar-refractivity contribution in [3.8, 4) is 0 Å². The first-order valence-electron chi connectivity index (χ1n) is 6.95. The van der Waals surface area contributed by atoms with Gasteiger partial charge in [-0.15, -0.1) is 0 Å². The van der Waals surface area contributed by atoms with E-state index in [2.05, 4.69) is 32.2 Å². The third-order valence-electron chi connectivity index (χ3n) is 4.22. The van der Waals surface area contributed by atoms with E-state index in [0.717, 1.165) is 11.6 Å². The van der Waals surface area contributed by atoms with Gasteiger partial charge in [-0.05, 0) is 61.3 Å². The summed E-state index contributed by atoms with van der Waals surface area (Å²) in [7, 11) is 0. The molecule has 1 aromatic rings. The molecule has 0 heterocycles. The Kier molecular flexibility index (Phi) is 4.34. The molecule has 0 aliphatic heterocycles. The normalized spacial score (nSPS) is 20.0. The maximum atomic E-state index is 5.98. The van der Waals surface area contributed by atoms with Crippen molar-refractivity contribution >= 4 is 11.6 Å². The molecule has 1 aromatic carbocycles. The highest BCUT2D eigenvalue weighted by atomic mass is 35.5. The number of nitrogens with one attached hydrogen (secondary N) is 1. The lowest BCUT2D eigenvalue weighted by atomic mass is 9.75. The van der Waals surface area contributed by atoms with Gasteiger partial charge in [0.05, 0.1) is 0 Å². The van der Waals surface area contributed by atoms with Gasteiger partial charge in [0.25, 0.3) is 0 Å². The average molecular weight is 266 g/mol. The topological polar surface area (TPSA) is 12.0 Å². The molecule has 0 bridgehead atoms. The first-order valence-corrected chi connectivity index (χ1v) is 7.32. The van der Waals surface area contributed by atoms with Gasteiger partial charge in [0.2, 0.25) is 0 Å². The van der Waals surface area contributed by atoms with Crippen molar-refractivity contribution < 1.29 is 0 Å². The van der Waals surface area contributed by atoms with Crippen LogP contribution in [0.5, 0.6) is 0 Å². The third kappa shape index (κ3) is 3.73. The molecule has 2 heteroatoms. The first-order chi connectivity index (χ1) is 8.46. The number of aryl methyl sites for hydroxylation is 1. The number of hydrogen-bond donors (Lipinski definition) is 1. The highest BCUT2D eigenvalue weighted by Crippen LogP contribution is 2.35. The lowest BCUT2D eigenvalue weighted by Gasteiger charge is -2.34. The molecule has 1 N–H and O–H groups in total. The van der Waals surface area contributed by atoms with Crippen molar-refractivity contribution in [2.24, 2.45) is 5.41 Å². The van der Waals surface area contributed by atoms with Crippen LogP contribution in [-0.4, -0.2) is 6.04 Å². The van der Waals surface area contributed by atoms with Gasteiger partial charge < -0.3 is 5.32 Å². The van der Waals surface area contributed by atoms with Gasteiger partial charge in [0, 0.05) is 17.6 Å². The summed E-state index contributed by atoms with van der Waals surface area (Å²) < 4.78 is 0. The van der Waals surface area contributed by atoms with Crippen LogP contribution in [0.3, 0.4) is 0 Å². The van der Waals surface area contributed by atoms with Crippen LogP contribution >= 0.6 is 11.6 Å². The van der Waals surface area contributed by atoms with E-state index in [1.54, 1.807) is 0 Å².